The molecular formula is C23H23FN4OS. The number of thioether (sulfide) groups is 1. The molecule has 1 fully saturated rings. The van der Waals surface area contributed by atoms with Crippen LogP contribution in [0.2, 0.25) is 0 Å². The van der Waals surface area contributed by atoms with Crippen LogP contribution in [0, 0.1) is 5.82 Å². The number of carbonyl (C=O) groups is 1. The van der Waals surface area contributed by atoms with Crippen LogP contribution in [0.1, 0.15) is 41.5 Å². The second-order valence-electron chi connectivity index (χ2n) is 7.18. The Morgan fingerprint density at radius 3 is 2.50 bits per heavy atom. The van der Waals surface area contributed by atoms with Crippen molar-refractivity contribution in [2.24, 2.45) is 0 Å². The summed E-state index contributed by atoms with van der Waals surface area (Å²) >= 11 is 1.36. The Morgan fingerprint density at radius 1 is 1.03 bits per heavy atom. The minimum absolute atomic E-state index is 0.110. The molecule has 0 bridgehead atoms. The number of benzene rings is 2. The van der Waals surface area contributed by atoms with E-state index < -0.39 is 0 Å². The molecule has 2 aromatic carbocycles. The van der Waals surface area contributed by atoms with Crippen LogP contribution < -0.4 is 0 Å². The third-order valence-corrected chi connectivity index (χ3v) is 6.11. The minimum atomic E-state index is -0.381. The summed E-state index contributed by atoms with van der Waals surface area (Å²) in [7, 11) is 0. The molecule has 1 aromatic heterocycles. The van der Waals surface area contributed by atoms with Crippen LogP contribution in [-0.4, -0.2) is 39.1 Å². The lowest BCUT2D eigenvalue weighted by Crippen LogP contribution is -2.38. The molecule has 0 unspecified atom stereocenters. The van der Waals surface area contributed by atoms with E-state index in [2.05, 4.69) is 15.2 Å². The molecule has 4 rings (SSSR count). The highest BCUT2D eigenvalue weighted by Crippen LogP contribution is 2.35. The van der Waals surface area contributed by atoms with Crippen molar-refractivity contribution >= 4 is 29.8 Å². The number of carbonyl (C=O) groups excluding carboxylic acids is 1. The average molecular weight is 423 g/mol. The van der Waals surface area contributed by atoms with Crippen LogP contribution in [0.25, 0.3) is 12.2 Å². The van der Waals surface area contributed by atoms with Crippen molar-refractivity contribution in [1.82, 2.24) is 20.1 Å². The van der Waals surface area contributed by atoms with Crippen molar-refractivity contribution in [3.8, 4) is 0 Å². The highest BCUT2D eigenvalue weighted by atomic mass is 32.2. The first-order chi connectivity index (χ1) is 14.7. The number of nitrogens with one attached hydrogen (secondary N) is 1. The minimum Gasteiger partial charge on any atom is -0.341 e. The Kier molecular flexibility index (Phi) is 6.59. The lowest BCUT2D eigenvalue weighted by atomic mass is 10.1. The van der Waals surface area contributed by atoms with Crippen LogP contribution in [0.15, 0.2) is 59.8 Å². The van der Waals surface area contributed by atoms with Crippen LogP contribution >= 0.6 is 11.8 Å². The first-order valence-corrected chi connectivity index (χ1v) is 10.9. The van der Waals surface area contributed by atoms with E-state index >= 15 is 0 Å². The number of rotatable bonds is 6. The van der Waals surface area contributed by atoms with Crippen molar-refractivity contribution in [3.63, 3.8) is 0 Å². The van der Waals surface area contributed by atoms with Gasteiger partial charge >= 0.3 is 0 Å². The van der Waals surface area contributed by atoms with Gasteiger partial charge < -0.3 is 4.90 Å². The van der Waals surface area contributed by atoms with Gasteiger partial charge in [-0.3, -0.25) is 9.89 Å². The highest BCUT2D eigenvalue weighted by molar-refractivity contribution is 8.00. The number of hydrogen-bond acceptors (Lipinski definition) is 4. The maximum atomic E-state index is 13.2. The van der Waals surface area contributed by atoms with Gasteiger partial charge in [0, 0.05) is 13.1 Å². The summed E-state index contributed by atoms with van der Waals surface area (Å²) in [6, 6.07) is 16.0. The number of amides is 1. The summed E-state index contributed by atoms with van der Waals surface area (Å²) in [5.41, 5.74) is 1.82. The van der Waals surface area contributed by atoms with Gasteiger partial charge in [-0.05, 0) is 48.6 Å². The van der Waals surface area contributed by atoms with Gasteiger partial charge in [-0.15, -0.1) is 5.10 Å². The van der Waals surface area contributed by atoms with Gasteiger partial charge in [0.2, 0.25) is 11.1 Å². The Hall–Kier alpha value is -2.93. The molecule has 0 spiro atoms. The summed E-state index contributed by atoms with van der Waals surface area (Å²) < 4.78 is 13.0. The molecule has 7 heteroatoms. The number of aromatic amines is 1. The summed E-state index contributed by atoms with van der Waals surface area (Å²) in [5, 5.41) is 7.32. The zero-order chi connectivity index (χ0) is 20.8. The molecule has 0 saturated carbocycles. The number of likely N-dealkylation sites (tertiary alicyclic amines) is 1. The second-order valence-corrected chi connectivity index (χ2v) is 8.25. The molecule has 30 heavy (non-hydrogen) atoms. The topological polar surface area (TPSA) is 61.9 Å². The predicted octanol–water partition coefficient (Wildman–Crippen LogP) is 4.96. The van der Waals surface area contributed by atoms with Gasteiger partial charge in [0.15, 0.2) is 0 Å². The summed E-state index contributed by atoms with van der Waals surface area (Å²) in [5.74, 6) is 0.425. The molecule has 0 aliphatic carbocycles. The number of nitrogens with zero attached hydrogens (tertiary/aromatic N) is 3. The van der Waals surface area contributed by atoms with Gasteiger partial charge in [-0.25, -0.2) is 9.37 Å². The molecule has 1 aliphatic rings. The fourth-order valence-electron chi connectivity index (χ4n) is 3.41. The molecule has 154 valence electrons. The quantitative estimate of drug-likeness (QED) is 0.571. The molecule has 5 nitrogen and oxygen atoms in total. The lowest BCUT2D eigenvalue weighted by molar-refractivity contribution is -0.131. The SMILES string of the molecule is O=C([C@H](Sc1n[nH]c(/C=C/c2ccc(F)cc2)n1)c1ccccc1)N1CCCCC1. The average Bonchev–Trinajstić information content (AvgIpc) is 3.25. The molecule has 1 N–H and O–H groups in total. The summed E-state index contributed by atoms with van der Waals surface area (Å²) in [6.07, 6.45) is 6.90. The van der Waals surface area contributed by atoms with Crippen molar-refractivity contribution in [1.29, 1.82) is 0 Å². The van der Waals surface area contributed by atoms with Gasteiger partial charge in [-0.2, -0.15) is 0 Å². The van der Waals surface area contributed by atoms with E-state index in [1.165, 1.54) is 30.3 Å². The van der Waals surface area contributed by atoms with Crippen molar-refractivity contribution in [2.75, 3.05) is 13.1 Å². The van der Waals surface area contributed by atoms with Crippen LogP contribution in [0.5, 0.6) is 0 Å². The third-order valence-electron chi connectivity index (χ3n) is 5.00. The molecule has 1 aliphatic heterocycles. The normalized spacial score (nSPS) is 15.4. The maximum Gasteiger partial charge on any atom is 0.240 e. The fraction of sp³-hybridized carbons (Fsp3) is 0.261. The summed E-state index contributed by atoms with van der Waals surface area (Å²) in [6.45, 7) is 1.62. The van der Waals surface area contributed by atoms with E-state index in [0.717, 1.165) is 37.1 Å². The maximum absolute atomic E-state index is 13.2. The molecular weight excluding hydrogens is 399 g/mol. The van der Waals surface area contributed by atoms with E-state index in [0.29, 0.717) is 11.0 Å². The van der Waals surface area contributed by atoms with Crippen LogP contribution in [0.3, 0.4) is 0 Å². The Labute approximate surface area is 179 Å². The lowest BCUT2D eigenvalue weighted by Gasteiger charge is -2.30. The molecule has 1 saturated heterocycles. The van der Waals surface area contributed by atoms with E-state index in [9.17, 15) is 9.18 Å². The van der Waals surface area contributed by atoms with E-state index in [-0.39, 0.29) is 17.0 Å². The van der Waals surface area contributed by atoms with Gasteiger partial charge in [-0.1, -0.05) is 60.3 Å². The van der Waals surface area contributed by atoms with E-state index in [1.54, 1.807) is 18.2 Å². The van der Waals surface area contributed by atoms with Crippen molar-refractivity contribution < 1.29 is 9.18 Å². The predicted molar refractivity (Wildman–Crippen MR) is 117 cm³/mol. The third kappa shape index (κ3) is 5.16. The Morgan fingerprint density at radius 2 is 1.77 bits per heavy atom. The van der Waals surface area contributed by atoms with Crippen molar-refractivity contribution in [3.05, 3.63) is 77.4 Å². The zero-order valence-corrected chi connectivity index (χ0v) is 17.3. The molecule has 0 radical (unpaired) electrons. The monoisotopic (exact) mass is 422 g/mol. The number of piperidine rings is 1. The van der Waals surface area contributed by atoms with Crippen molar-refractivity contribution in [2.45, 2.75) is 29.7 Å². The number of halogens is 1. The van der Waals surface area contributed by atoms with Gasteiger partial charge in [0.25, 0.3) is 0 Å². The molecule has 1 atom stereocenters. The highest BCUT2D eigenvalue weighted by Gasteiger charge is 2.29. The Balaban J connectivity index is 1.50. The Bertz CT molecular complexity index is 998. The van der Waals surface area contributed by atoms with Gasteiger partial charge in [0.05, 0.1) is 0 Å². The van der Waals surface area contributed by atoms with Gasteiger partial charge in [0.1, 0.15) is 16.9 Å². The first kappa shape index (κ1) is 20.3. The second kappa shape index (κ2) is 9.71. The fourth-order valence-corrected chi connectivity index (χ4v) is 4.41. The molecule has 1 amide bonds. The summed E-state index contributed by atoms with van der Waals surface area (Å²) in [4.78, 5) is 19.7. The van der Waals surface area contributed by atoms with E-state index in [4.69, 9.17) is 0 Å². The van der Waals surface area contributed by atoms with E-state index in [1.807, 2.05) is 41.3 Å². The molecule has 3 aromatic rings. The zero-order valence-electron chi connectivity index (χ0n) is 16.5. The first-order valence-electron chi connectivity index (χ1n) is 10.1. The van der Waals surface area contributed by atoms with Crippen LogP contribution in [0.4, 0.5) is 4.39 Å². The van der Waals surface area contributed by atoms with Crippen LogP contribution in [-0.2, 0) is 4.79 Å². The smallest absolute Gasteiger partial charge is 0.240 e. The number of aromatic nitrogens is 3. The molecule has 2 heterocycles. The largest absolute Gasteiger partial charge is 0.341 e. The number of hydrogen-bond donors (Lipinski definition) is 1. The number of H-pyrrole nitrogens is 1. The standard InChI is InChI=1S/C23H23FN4OS/c24-19-12-9-17(10-13-19)11-14-20-25-23(27-26-20)30-21(18-7-3-1-4-8-18)22(29)28-15-5-2-6-16-28/h1,3-4,7-14,21H,2,5-6,15-16H2,(H,25,26,27)/b14-11+/t21-/m1/s1.